The van der Waals surface area contributed by atoms with Crippen LogP contribution in [0.5, 0.6) is 0 Å². The number of epoxide rings is 1. The predicted molar refractivity (Wildman–Crippen MR) is 36.6 cm³/mol. The molecule has 3 nitrogen and oxygen atoms in total. The van der Waals surface area contributed by atoms with Gasteiger partial charge in [0.25, 0.3) is 0 Å². The highest BCUT2D eigenvalue weighted by atomic mass is 16.7. The molecule has 0 amide bonds. The van der Waals surface area contributed by atoms with Crippen molar-refractivity contribution in [1.29, 1.82) is 0 Å². The molecule has 0 saturated carbocycles. The van der Waals surface area contributed by atoms with Crippen molar-refractivity contribution in [3.63, 3.8) is 0 Å². The van der Waals surface area contributed by atoms with E-state index in [0.717, 1.165) is 6.61 Å². The number of hydrogen-bond donors (Lipinski definition) is 1. The smallest absolute Gasteiger partial charge is 0.162 e. The van der Waals surface area contributed by atoms with Crippen LogP contribution in [0, 0.1) is 0 Å². The normalized spacial score (nSPS) is 29.7. The van der Waals surface area contributed by atoms with Gasteiger partial charge in [-0.2, -0.15) is 0 Å². The van der Waals surface area contributed by atoms with E-state index >= 15 is 0 Å². The quantitative estimate of drug-likeness (QED) is 0.464. The average molecular weight is 146 g/mol. The maximum Gasteiger partial charge on any atom is 0.162 e. The third kappa shape index (κ3) is 2.64. The molecule has 0 aromatic heterocycles. The van der Waals surface area contributed by atoms with Gasteiger partial charge in [-0.25, -0.2) is 0 Å². The van der Waals surface area contributed by atoms with E-state index in [1.165, 1.54) is 0 Å². The zero-order valence-electron chi connectivity index (χ0n) is 6.46. The van der Waals surface area contributed by atoms with Crippen LogP contribution in [0.4, 0.5) is 0 Å². The minimum absolute atomic E-state index is 0.234. The molecular formula is C7H14O3. The molecule has 1 heterocycles. The van der Waals surface area contributed by atoms with Crippen LogP contribution in [-0.4, -0.2) is 30.2 Å². The molecule has 1 saturated heterocycles. The molecule has 0 radical (unpaired) electrons. The highest BCUT2D eigenvalue weighted by Gasteiger charge is 2.27. The first kappa shape index (κ1) is 7.98. The van der Waals surface area contributed by atoms with Crippen LogP contribution in [-0.2, 0) is 9.47 Å². The number of aliphatic hydroxyl groups is 1. The van der Waals surface area contributed by atoms with E-state index in [1.807, 2.05) is 6.92 Å². The van der Waals surface area contributed by atoms with Gasteiger partial charge in [0.15, 0.2) is 5.79 Å². The topological polar surface area (TPSA) is 42.0 Å². The van der Waals surface area contributed by atoms with E-state index < -0.39 is 5.79 Å². The maximum atomic E-state index is 9.32. The second kappa shape index (κ2) is 2.86. The fourth-order valence-corrected chi connectivity index (χ4v) is 0.539. The van der Waals surface area contributed by atoms with E-state index in [4.69, 9.17) is 9.47 Å². The SMILES string of the molecule is CCC(C)(O)OCC1CO1. The van der Waals surface area contributed by atoms with Crippen LogP contribution in [0.3, 0.4) is 0 Å². The van der Waals surface area contributed by atoms with Gasteiger partial charge in [0.1, 0.15) is 6.10 Å². The van der Waals surface area contributed by atoms with Crippen LogP contribution in [0.1, 0.15) is 20.3 Å². The van der Waals surface area contributed by atoms with Gasteiger partial charge in [0, 0.05) is 0 Å². The van der Waals surface area contributed by atoms with Gasteiger partial charge in [-0.3, -0.25) is 0 Å². The highest BCUT2D eigenvalue weighted by molar-refractivity contribution is 4.69. The molecule has 0 aromatic rings. The van der Waals surface area contributed by atoms with Crippen LogP contribution in [0.25, 0.3) is 0 Å². The molecule has 0 aliphatic carbocycles. The first-order chi connectivity index (χ1) is 4.64. The lowest BCUT2D eigenvalue weighted by Crippen LogP contribution is -2.28. The fourth-order valence-electron chi connectivity index (χ4n) is 0.539. The fraction of sp³-hybridized carbons (Fsp3) is 1.00. The minimum atomic E-state index is -0.966. The van der Waals surface area contributed by atoms with Crippen molar-refractivity contribution in [2.75, 3.05) is 13.2 Å². The van der Waals surface area contributed by atoms with Crippen molar-refractivity contribution in [2.24, 2.45) is 0 Å². The van der Waals surface area contributed by atoms with Gasteiger partial charge in [-0.05, 0) is 13.3 Å². The third-order valence-corrected chi connectivity index (χ3v) is 1.64. The lowest BCUT2D eigenvalue weighted by atomic mass is 10.2. The maximum absolute atomic E-state index is 9.32. The molecule has 2 unspecified atom stereocenters. The molecule has 60 valence electrons. The third-order valence-electron chi connectivity index (χ3n) is 1.64. The standard InChI is InChI=1S/C7H14O3/c1-3-7(2,8)10-5-6-4-9-6/h6,8H,3-5H2,1-2H3. The van der Waals surface area contributed by atoms with E-state index in [2.05, 4.69) is 0 Å². The summed E-state index contributed by atoms with van der Waals surface area (Å²) >= 11 is 0. The number of rotatable bonds is 4. The molecule has 1 fully saturated rings. The van der Waals surface area contributed by atoms with Gasteiger partial charge < -0.3 is 14.6 Å². The Bertz CT molecular complexity index is 107. The molecule has 2 atom stereocenters. The first-order valence-electron chi connectivity index (χ1n) is 3.62. The molecule has 3 heteroatoms. The van der Waals surface area contributed by atoms with Crippen molar-refractivity contribution in [2.45, 2.75) is 32.2 Å². The zero-order valence-corrected chi connectivity index (χ0v) is 6.46. The van der Waals surface area contributed by atoms with Crippen molar-refractivity contribution < 1.29 is 14.6 Å². The van der Waals surface area contributed by atoms with Gasteiger partial charge in [0.05, 0.1) is 13.2 Å². The Morgan fingerprint density at radius 2 is 2.40 bits per heavy atom. The van der Waals surface area contributed by atoms with Crippen molar-refractivity contribution in [3.8, 4) is 0 Å². The van der Waals surface area contributed by atoms with Gasteiger partial charge in [-0.15, -0.1) is 0 Å². The summed E-state index contributed by atoms with van der Waals surface area (Å²) < 4.78 is 10.0. The number of ether oxygens (including phenoxy) is 2. The second-order valence-electron chi connectivity index (χ2n) is 2.79. The van der Waals surface area contributed by atoms with Crippen molar-refractivity contribution in [1.82, 2.24) is 0 Å². The largest absolute Gasteiger partial charge is 0.371 e. The summed E-state index contributed by atoms with van der Waals surface area (Å²) in [5, 5.41) is 9.32. The molecule has 1 rings (SSSR count). The molecular weight excluding hydrogens is 132 g/mol. The summed E-state index contributed by atoms with van der Waals surface area (Å²) in [6, 6.07) is 0. The summed E-state index contributed by atoms with van der Waals surface area (Å²) in [6.07, 6.45) is 0.845. The van der Waals surface area contributed by atoms with Crippen LogP contribution in [0.2, 0.25) is 0 Å². The van der Waals surface area contributed by atoms with Crippen molar-refractivity contribution in [3.05, 3.63) is 0 Å². The highest BCUT2D eigenvalue weighted by Crippen LogP contribution is 2.15. The zero-order chi connectivity index (χ0) is 7.61. The Morgan fingerprint density at radius 1 is 1.80 bits per heavy atom. The van der Waals surface area contributed by atoms with Gasteiger partial charge in [0.2, 0.25) is 0 Å². The Labute approximate surface area is 60.9 Å². The van der Waals surface area contributed by atoms with E-state index in [0.29, 0.717) is 13.0 Å². The Hall–Kier alpha value is -0.120. The molecule has 0 spiro atoms. The summed E-state index contributed by atoms with van der Waals surface area (Å²) in [5.41, 5.74) is 0. The molecule has 1 aliphatic rings. The monoisotopic (exact) mass is 146 g/mol. The lowest BCUT2D eigenvalue weighted by Gasteiger charge is -2.20. The summed E-state index contributed by atoms with van der Waals surface area (Å²) in [7, 11) is 0. The van der Waals surface area contributed by atoms with E-state index in [-0.39, 0.29) is 6.10 Å². The molecule has 0 aromatic carbocycles. The predicted octanol–water partition coefficient (Wildman–Crippen LogP) is 0.520. The summed E-state index contributed by atoms with van der Waals surface area (Å²) in [5.74, 6) is -0.966. The van der Waals surface area contributed by atoms with E-state index in [1.54, 1.807) is 6.92 Å². The lowest BCUT2D eigenvalue weighted by molar-refractivity contribution is -0.193. The molecule has 10 heavy (non-hydrogen) atoms. The first-order valence-corrected chi connectivity index (χ1v) is 3.62. The Balaban J connectivity index is 2.09. The summed E-state index contributed by atoms with van der Waals surface area (Å²) in [6.45, 7) is 4.84. The van der Waals surface area contributed by atoms with Crippen LogP contribution in [0.15, 0.2) is 0 Å². The van der Waals surface area contributed by atoms with Crippen LogP contribution < -0.4 is 0 Å². The average Bonchev–Trinajstić information content (AvgIpc) is 2.66. The Kier molecular flexibility index (Phi) is 2.28. The van der Waals surface area contributed by atoms with Crippen molar-refractivity contribution >= 4 is 0 Å². The molecule has 0 bridgehead atoms. The molecule has 1 N–H and O–H groups in total. The van der Waals surface area contributed by atoms with Crippen LogP contribution >= 0.6 is 0 Å². The van der Waals surface area contributed by atoms with Gasteiger partial charge in [-0.1, -0.05) is 6.92 Å². The number of hydrogen-bond acceptors (Lipinski definition) is 3. The minimum Gasteiger partial charge on any atom is -0.371 e. The summed E-state index contributed by atoms with van der Waals surface area (Å²) in [4.78, 5) is 0. The Morgan fingerprint density at radius 3 is 2.80 bits per heavy atom. The van der Waals surface area contributed by atoms with Gasteiger partial charge >= 0.3 is 0 Å². The molecule has 1 aliphatic heterocycles. The van der Waals surface area contributed by atoms with E-state index in [9.17, 15) is 5.11 Å². The second-order valence-corrected chi connectivity index (χ2v) is 2.79.